The van der Waals surface area contributed by atoms with Gasteiger partial charge in [-0.1, -0.05) is 32.0 Å². The van der Waals surface area contributed by atoms with Crippen molar-refractivity contribution < 1.29 is 0 Å². The molecular formula is C16H19N5. The number of aryl methyl sites for hydroxylation is 3. The highest BCUT2D eigenvalue weighted by Gasteiger charge is 2.10. The molecule has 1 aromatic carbocycles. The number of hydrogen-bond donors (Lipinski definition) is 1. The number of fused-ring (bicyclic) bond motifs is 1. The van der Waals surface area contributed by atoms with Crippen LogP contribution in [-0.2, 0) is 12.8 Å². The van der Waals surface area contributed by atoms with Crippen LogP contribution in [0.15, 0.2) is 30.6 Å². The number of nitrogens with zero attached hydrogens (tertiary/aromatic N) is 4. The second-order valence-corrected chi connectivity index (χ2v) is 5.04. The minimum absolute atomic E-state index is 0.615. The van der Waals surface area contributed by atoms with Gasteiger partial charge in [-0.2, -0.15) is 14.6 Å². The molecule has 0 saturated carbocycles. The van der Waals surface area contributed by atoms with Crippen molar-refractivity contribution in [1.82, 2.24) is 19.6 Å². The largest absolute Gasteiger partial charge is 0.340 e. The molecule has 21 heavy (non-hydrogen) atoms. The molecule has 0 saturated heterocycles. The van der Waals surface area contributed by atoms with Crippen molar-refractivity contribution in [3.63, 3.8) is 0 Å². The van der Waals surface area contributed by atoms with Crippen molar-refractivity contribution in [1.29, 1.82) is 0 Å². The van der Waals surface area contributed by atoms with E-state index in [0.717, 1.165) is 24.4 Å². The standard InChI is InChI=1S/C16H19N5/c1-4-12-7-6-8-13(5-2)15(12)20-14-9-11(3)19-16-17-10-18-21(14)16/h6-10,20H,4-5H2,1-3H3. The first-order valence-electron chi connectivity index (χ1n) is 7.28. The molecule has 5 nitrogen and oxygen atoms in total. The van der Waals surface area contributed by atoms with Gasteiger partial charge >= 0.3 is 0 Å². The first-order chi connectivity index (χ1) is 10.2. The molecule has 0 fully saturated rings. The molecule has 0 aliphatic rings. The molecule has 0 unspecified atom stereocenters. The van der Waals surface area contributed by atoms with Crippen LogP contribution in [0.5, 0.6) is 0 Å². The Morgan fingerprint density at radius 3 is 2.52 bits per heavy atom. The lowest BCUT2D eigenvalue weighted by Gasteiger charge is -2.16. The number of nitrogens with one attached hydrogen (secondary N) is 1. The Morgan fingerprint density at radius 2 is 1.86 bits per heavy atom. The summed E-state index contributed by atoms with van der Waals surface area (Å²) in [6, 6.07) is 8.43. The van der Waals surface area contributed by atoms with Crippen LogP contribution in [0.3, 0.4) is 0 Å². The SMILES string of the molecule is CCc1cccc(CC)c1Nc1cc(C)nc2ncnn12. The zero-order chi connectivity index (χ0) is 14.8. The normalized spacial score (nSPS) is 11.0. The zero-order valence-corrected chi connectivity index (χ0v) is 12.6. The smallest absolute Gasteiger partial charge is 0.254 e. The lowest BCUT2D eigenvalue weighted by Crippen LogP contribution is -2.06. The van der Waals surface area contributed by atoms with Gasteiger partial charge in [0, 0.05) is 17.4 Å². The topological polar surface area (TPSA) is 55.1 Å². The van der Waals surface area contributed by atoms with Gasteiger partial charge in [-0.3, -0.25) is 0 Å². The van der Waals surface area contributed by atoms with Gasteiger partial charge in [-0.25, -0.2) is 4.98 Å². The van der Waals surface area contributed by atoms with Gasteiger partial charge in [-0.15, -0.1) is 0 Å². The Morgan fingerprint density at radius 1 is 1.14 bits per heavy atom. The molecule has 0 aliphatic heterocycles. The number of anilines is 2. The van der Waals surface area contributed by atoms with Crippen molar-refractivity contribution in [2.24, 2.45) is 0 Å². The zero-order valence-electron chi connectivity index (χ0n) is 12.6. The van der Waals surface area contributed by atoms with E-state index in [4.69, 9.17) is 0 Å². The highest BCUT2D eigenvalue weighted by Crippen LogP contribution is 2.26. The molecular weight excluding hydrogens is 262 g/mol. The molecule has 0 atom stereocenters. The third-order valence-electron chi connectivity index (χ3n) is 3.63. The number of aromatic nitrogens is 4. The van der Waals surface area contributed by atoms with Gasteiger partial charge in [0.25, 0.3) is 5.78 Å². The van der Waals surface area contributed by atoms with Crippen molar-refractivity contribution >= 4 is 17.3 Å². The van der Waals surface area contributed by atoms with E-state index in [2.05, 4.69) is 52.4 Å². The minimum atomic E-state index is 0.615. The molecule has 3 rings (SSSR count). The fourth-order valence-electron chi connectivity index (χ4n) is 2.55. The van der Waals surface area contributed by atoms with E-state index in [-0.39, 0.29) is 0 Å². The van der Waals surface area contributed by atoms with Gasteiger partial charge in [0.15, 0.2) is 0 Å². The number of para-hydroxylation sites is 1. The molecule has 108 valence electrons. The summed E-state index contributed by atoms with van der Waals surface area (Å²) >= 11 is 0. The second-order valence-electron chi connectivity index (χ2n) is 5.04. The van der Waals surface area contributed by atoms with Crippen molar-refractivity contribution in [3.05, 3.63) is 47.4 Å². The Bertz CT molecular complexity index is 753. The fraction of sp³-hybridized carbons (Fsp3) is 0.312. The maximum absolute atomic E-state index is 4.37. The van der Waals surface area contributed by atoms with Gasteiger partial charge < -0.3 is 5.32 Å². The maximum Gasteiger partial charge on any atom is 0.254 e. The Labute approximate surface area is 124 Å². The number of hydrogen-bond acceptors (Lipinski definition) is 4. The van der Waals surface area contributed by atoms with Crippen LogP contribution in [0.25, 0.3) is 5.78 Å². The maximum atomic E-state index is 4.37. The third-order valence-corrected chi connectivity index (χ3v) is 3.63. The lowest BCUT2D eigenvalue weighted by atomic mass is 10.0. The van der Waals surface area contributed by atoms with Gasteiger partial charge in [0.2, 0.25) is 0 Å². The van der Waals surface area contributed by atoms with E-state index in [1.165, 1.54) is 23.1 Å². The molecule has 0 aliphatic carbocycles. The molecule has 3 aromatic rings. The van der Waals surface area contributed by atoms with Crippen molar-refractivity contribution in [3.8, 4) is 0 Å². The van der Waals surface area contributed by atoms with E-state index < -0.39 is 0 Å². The molecule has 0 bridgehead atoms. The first kappa shape index (κ1) is 13.5. The van der Waals surface area contributed by atoms with E-state index in [0.29, 0.717) is 5.78 Å². The summed E-state index contributed by atoms with van der Waals surface area (Å²) in [7, 11) is 0. The monoisotopic (exact) mass is 281 g/mol. The summed E-state index contributed by atoms with van der Waals surface area (Å²) in [5.74, 6) is 1.51. The van der Waals surface area contributed by atoms with Crippen LogP contribution in [0.1, 0.15) is 30.7 Å². The Kier molecular flexibility index (Phi) is 3.56. The molecule has 2 heterocycles. The summed E-state index contributed by atoms with van der Waals surface area (Å²) in [6.45, 7) is 6.30. The van der Waals surface area contributed by atoms with Crippen LogP contribution in [-0.4, -0.2) is 19.6 Å². The van der Waals surface area contributed by atoms with Crippen LogP contribution in [0.2, 0.25) is 0 Å². The molecule has 5 heteroatoms. The van der Waals surface area contributed by atoms with Crippen LogP contribution < -0.4 is 5.32 Å². The Hall–Kier alpha value is -2.43. The van der Waals surface area contributed by atoms with Gasteiger partial charge in [0.05, 0.1) is 0 Å². The van der Waals surface area contributed by atoms with Crippen LogP contribution >= 0.6 is 0 Å². The average Bonchev–Trinajstić information content (AvgIpc) is 2.95. The summed E-state index contributed by atoms with van der Waals surface area (Å²) < 4.78 is 1.74. The van der Waals surface area contributed by atoms with Crippen LogP contribution in [0, 0.1) is 6.92 Å². The van der Waals surface area contributed by atoms with E-state index in [1.54, 1.807) is 4.52 Å². The van der Waals surface area contributed by atoms with Crippen molar-refractivity contribution in [2.75, 3.05) is 5.32 Å². The van der Waals surface area contributed by atoms with E-state index in [1.807, 2.05) is 13.0 Å². The predicted octanol–water partition coefficient (Wildman–Crippen LogP) is 3.30. The fourth-order valence-corrected chi connectivity index (χ4v) is 2.55. The lowest BCUT2D eigenvalue weighted by molar-refractivity contribution is 0.934. The molecule has 0 radical (unpaired) electrons. The minimum Gasteiger partial charge on any atom is -0.340 e. The summed E-state index contributed by atoms with van der Waals surface area (Å²) in [5, 5.41) is 7.78. The molecule has 0 spiro atoms. The highest BCUT2D eigenvalue weighted by atomic mass is 15.3. The van der Waals surface area contributed by atoms with E-state index in [9.17, 15) is 0 Å². The predicted molar refractivity (Wildman–Crippen MR) is 84.0 cm³/mol. The van der Waals surface area contributed by atoms with Gasteiger partial charge in [0.1, 0.15) is 12.1 Å². The summed E-state index contributed by atoms with van der Waals surface area (Å²) in [4.78, 5) is 8.54. The van der Waals surface area contributed by atoms with Crippen LogP contribution in [0.4, 0.5) is 11.5 Å². The third kappa shape index (κ3) is 2.46. The summed E-state index contributed by atoms with van der Waals surface area (Å²) in [6.07, 6.45) is 3.50. The summed E-state index contributed by atoms with van der Waals surface area (Å²) in [5.41, 5.74) is 4.70. The second kappa shape index (κ2) is 5.52. The quantitative estimate of drug-likeness (QED) is 0.797. The number of rotatable bonds is 4. The average molecular weight is 281 g/mol. The molecule has 1 N–H and O–H groups in total. The number of benzene rings is 1. The molecule has 0 amide bonds. The van der Waals surface area contributed by atoms with Crippen molar-refractivity contribution in [2.45, 2.75) is 33.6 Å². The van der Waals surface area contributed by atoms with E-state index >= 15 is 0 Å². The molecule has 2 aromatic heterocycles. The van der Waals surface area contributed by atoms with Gasteiger partial charge in [-0.05, 0) is 30.9 Å². The first-order valence-corrected chi connectivity index (χ1v) is 7.28. The Balaban J connectivity index is 2.12. The highest BCUT2D eigenvalue weighted by molar-refractivity contribution is 5.66.